The normalized spacial score (nSPS) is 24.3. The van der Waals surface area contributed by atoms with Crippen LogP contribution in [0.15, 0.2) is 23.8 Å². The van der Waals surface area contributed by atoms with Gasteiger partial charge in [-0.25, -0.2) is 0 Å². The van der Waals surface area contributed by atoms with E-state index in [4.69, 9.17) is 4.74 Å². The maximum Gasteiger partial charge on any atom is 0.130 e. The van der Waals surface area contributed by atoms with Crippen molar-refractivity contribution in [3.63, 3.8) is 0 Å². The van der Waals surface area contributed by atoms with Crippen LogP contribution in [-0.2, 0) is 6.42 Å². The summed E-state index contributed by atoms with van der Waals surface area (Å²) >= 11 is 0. The zero-order valence-corrected chi connectivity index (χ0v) is 17.3. The number of fused-ring (bicyclic) bond motifs is 1. The summed E-state index contributed by atoms with van der Waals surface area (Å²) in [6.45, 7) is 11.1. The molecule has 0 bridgehead atoms. The van der Waals surface area contributed by atoms with E-state index in [1.807, 2.05) is 47.7 Å². The molecule has 1 aromatic carbocycles. The summed E-state index contributed by atoms with van der Waals surface area (Å²) in [6, 6.07) is 4.14. The number of aryl methyl sites for hydroxylation is 1. The van der Waals surface area contributed by atoms with Gasteiger partial charge in [0, 0.05) is 32.2 Å². The fourth-order valence-electron chi connectivity index (χ4n) is 4.17. The monoisotopic (exact) mass is 375 g/mol. The molecule has 0 aromatic heterocycles. The maximum atomic E-state index is 10.6. The van der Waals surface area contributed by atoms with Gasteiger partial charge >= 0.3 is 0 Å². The van der Waals surface area contributed by atoms with E-state index in [1.54, 1.807) is 0 Å². The van der Waals surface area contributed by atoms with Crippen LogP contribution in [0.4, 0.5) is 5.69 Å². The molecular formula is C21H33N3O3. The molecule has 0 radical (unpaired) electrons. The van der Waals surface area contributed by atoms with E-state index >= 15 is 0 Å². The van der Waals surface area contributed by atoms with Crippen LogP contribution in [0.1, 0.15) is 38.8 Å². The van der Waals surface area contributed by atoms with Crippen molar-refractivity contribution in [1.29, 1.82) is 0 Å². The highest BCUT2D eigenvalue weighted by Gasteiger charge is 2.44. The summed E-state index contributed by atoms with van der Waals surface area (Å²) in [4.78, 5) is 0. The van der Waals surface area contributed by atoms with Crippen LogP contribution < -0.4 is 15.4 Å². The van der Waals surface area contributed by atoms with Gasteiger partial charge in [-0.2, -0.15) is 5.06 Å². The lowest BCUT2D eigenvalue weighted by Gasteiger charge is -2.36. The molecule has 0 saturated carbocycles. The second-order valence-electron chi connectivity index (χ2n) is 8.78. The molecule has 2 aliphatic heterocycles. The van der Waals surface area contributed by atoms with Gasteiger partial charge in [0.25, 0.3) is 0 Å². The summed E-state index contributed by atoms with van der Waals surface area (Å²) < 4.78 is 5.98. The highest BCUT2D eigenvalue weighted by Crippen LogP contribution is 2.38. The fourth-order valence-corrected chi connectivity index (χ4v) is 4.17. The van der Waals surface area contributed by atoms with E-state index in [1.165, 1.54) is 5.06 Å². The Morgan fingerprint density at radius 1 is 1.30 bits per heavy atom. The third-order valence-corrected chi connectivity index (χ3v) is 5.86. The molecule has 2 aliphatic rings. The van der Waals surface area contributed by atoms with Gasteiger partial charge in [0.15, 0.2) is 0 Å². The lowest BCUT2D eigenvalue weighted by Crippen LogP contribution is -2.49. The van der Waals surface area contributed by atoms with E-state index < -0.39 is 17.2 Å². The molecule has 0 aliphatic carbocycles. The molecule has 0 amide bonds. The van der Waals surface area contributed by atoms with Crippen molar-refractivity contribution in [2.24, 2.45) is 0 Å². The predicted octanol–water partition coefficient (Wildman–Crippen LogP) is 2.48. The van der Waals surface area contributed by atoms with E-state index in [0.29, 0.717) is 19.5 Å². The number of hydrogen-bond acceptors (Lipinski definition) is 6. The molecule has 27 heavy (non-hydrogen) atoms. The van der Waals surface area contributed by atoms with Gasteiger partial charge in [0.2, 0.25) is 0 Å². The molecule has 0 spiro atoms. The molecule has 2 heterocycles. The van der Waals surface area contributed by atoms with E-state index in [2.05, 4.69) is 22.8 Å². The zero-order chi connectivity index (χ0) is 20.0. The zero-order valence-electron chi connectivity index (χ0n) is 17.3. The quantitative estimate of drug-likeness (QED) is 0.573. The summed E-state index contributed by atoms with van der Waals surface area (Å²) in [5, 5.41) is 28.9. The van der Waals surface area contributed by atoms with Crippen molar-refractivity contribution in [3.05, 3.63) is 34.9 Å². The third-order valence-electron chi connectivity index (χ3n) is 5.86. The van der Waals surface area contributed by atoms with E-state index in [0.717, 1.165) is 28.1 Å². The highest BCUT2D eigenvalue weighted by molar-refractivity contribution is 5.58. The van der Waals surface area contributed by atoms with E-state index in [9.17, 15) is 10.3 Å². The second-order valence-corrected chi connectivity index (χ2v) is 8.78. The van der Waals surface area contributed by atoms with Gasteiger partial charge < -0.3 is 25.7 Å². The third kappa shape index (κ3) is 3.72. The standard InChI is InChI=1S/C21H33N3O3/c1-13-7-18-14(8-16(13)22-6)9-19(27-18)17(25)12-23-11-15-10-20(2,3)24(26)21(15,4)5/h7-8,10,17,19,22-23,25-26H,9,11-12H2,1-6H3. The Labute approximate surface area is 162 Å². The maximum absolute atomic E-state index is 10.6. The molecular weight excluding hydrogens is 342 g/mol. The Hall–Kier alpha value is -1.60. The van der Waals surface area contributed by atoms with Gasteiger partial charge in [-0.1, -0.05) is 6.08 Å². The van der Waals surface area contributed by atoms with Crippen LogP contribution in [-0.4, -0.2) is 58.8 Å². The van der Waals surface area contributed by atoms with Crippen LogP contribution in [0.5, 0.6) is 5.75 Å². The average molecular weight is 376 g/mol. The number of benzene rings is 1. The number of aliphatic hydroxyl groups excluding tert-OH is 1. The second kappa shape index (κ2) is 7.09. The fraction of sp³-hybridized carbons (Fsp3) is 0.619. The van der Waals surface area contributed by atoms with Crippen molar-refractivity contribution in [3.8, 4) is 5.75 Å². The van der Waals surface area contributed by atoms with Crippen LogP contribution in [0.2, 0.25) is 0 Å². The van der Waals surface area contributed by atoms with Gasteiger partial charge in [-0.15, -0.1) is 0 Å². The molecule has 2 unspecified atom stereocenters. The van der Waals surface area contributed by atoms with Gasteiger partial charge in [0.05, 0.1) is 11.1 Å². The first-order chi connectivity index (χ1) is 12.6. The Balaban J connectivity index is 1.56. The number of hydrogen-bond donors (Lipinski definition) is 4. The Kier molecular flexibility index (Phi) is 5.29. The lowest BCUT2D eigenvalue weighted by molar-refractivity contribution is -0.185. The minimum atomic E-state index is -0.598. The van der Waals surface area contributed by atoms with Crippen molar-refractivity contribution < 1.29 is 15.1 Å². The molecule has 150 valence electrons. The van der Waals surface area contributed by atoms with Gasteiger partial charge in [-0.05, 0) is 63.5 Å². The Morgan fingerprint density at radius 3 is 2.59 bits per heavy atom. The minimum Gasteiger partial charge on any atom is -0.487 e. The lowest BCUT2D eigenvalue weighted by atomic mass is 9.96. The van der Waals surface area contributed by atoms with Crippen LogP contribution in [0.25, 0.3) is 0 Å². The number of aliphatic hydroxyl groups is 1. The summed E-state index contributed by atoms with van der Waals surface area (Å²) in [5.74, 6) is 0.868. The first-order valence-corrected chi connectivity index (χ1v) is 9.64. The summed E-state index contributed by atoms with van der Waals surface area (Å²) in [7, 11) is 1.91. The number of nitrogens with one attached hydrogen (secondary N) is 2. The van der Waals surface area contributed by atoms with Crippen molar-refractivity contribution in [2.45, 2.75) is 64.3 Å². The summed E-state index contributed by atoms with van der Waals surface area (Å²) in [6.07, 6.45) is 1.96. The largest absolute Gasteiger partial charge is 0.487 e. The first kappa shape index (κ1) is 20.1. The van der Waals surface area contributed by atoms with E-state index in [-0.39, 0.29) is 6.10 Å². The van der Waals surface area contributed by atoms with Crippen LogP contribution >= 0.6 is 0 Å². The Morgan fingerprint density at radius 2 is 2.00 bits per heavy atom. The van der Waals surface area contributed by atoms with Crippen molar-refractivity contribution in [1.82, 2.24) is 10.4 Å². The number of anilines is 1. The molecule has 1 aromatic rings. The number of rotatable bonds is 6. The summed E-state index contributed by atoms with van der Waals surface area (Å²) in [5.41, 5.74) is 3.66. The minimum absolute atomic E-state index is 0.240. The molecule has 0 fully saturated rings. The Bertz CT molecular complexity index is 742. The van der Waals surface area contributed by atoms with Gasteiger partial charge in [-0.3, -0.25) is 0 Å². The highest BCUT2D eigenvalue weighted by atomic mass is 16.5. The van der Waals surface area contributed by atoms with Crippen molar-refractivity contribution >= 4 is 5.69 Å². The smallest absolute Gasteiger partial charge is 0.130 e. The van der Waals surface area contributed by atoms with Crippen molar-refractivity contribution in [2.75, 3.05) is 25.5 Å². The molecule has 0 saturated heterocycles. The number of hydroxylamine groups is 2. The molecule has 3 rings (SSSR count). The molecule has 6 heteroatoms. The topological polar surface area (TPSA) is 77.0 Å². The van der Waals surface area contributed by atoms with Crippen LogP contribution in [0.3, 0.4) is 0 Å². The molecule has 2 atom stereocenters. The van der Waals surface area contributed by atoms with Crippen LogP contribution in [0, 0.1) is 6.92 Å². The molecule has 4 N–H and O–H groups in total. The number of ether oxygens (including phenoxy) is 1. The SMILES string of the molecule is CNc1cc2c(cc1C)OC(C(O)CNCC1=CC(C)(C)N(O)C1(C)C)C2. The molecule has 6 nitrogen and oxygen atoms in total. The average Bonchev–Trinajstić information content (AvgIpc) is 3.07. The predicted molar refractivity (Wildman–Crippen MR) is 108 cm³/mol. The van der Waals surface area contributed by atoms with Gasteiger partial charge in [0.1, 0.15) is 18.0 Å². The number of nitrogens with zero attached hydrogens (tertiary/aromatic N) is 1. The first-order valence-electron chi connectivity index (χ1n) is 9.64.